The molecule has 2 aromatic carbocycles. The van der Waals surface area contributed by atoms with Crippen LogP contribution in [0.1, 0.15) is 104 Å². The molecule has 4 aromatic rings. The quantitative estimate of drug-likeness (QED) is 0.0682. The lowest BCUT2D eigenvalue weighted by molar-refractivity contribution is -0.134. The van der Waals surface area contributed by atoms with E-state index in [4.69, 9.17) is 56.2 Å². The second-order valence-electron chi connectivity index (χ2n) is 11.8. The van der Waals surface area contributed by atoms with Crippen LogP contribution in [0.2, 0.25) is 20.1 Å². The summed E-state index contributed by atoms with van der Waals surface area (Å²) in [6.07, 6.45) is 17.3. The molecule has 0 fully saturated rings. The minimum Gasteiger partial charge on any atom is -0.405 e. The van der Waals surface area contributed by atoms with Crippen molar-refractivity contribution >= 4 is 75.5 Å². The smallest absolute Gasteiger partial charge is 0.312 e. The highest BCUT2D eigenvalue weighted by Crippen LogP contribution is 2.41. The van der Waals surface area contributed by atoms with Crippen LogP contribution in [-0.4, -0.2) is 36.4 Å². The molecule has 10 nitrogen and oxygen atoms in total. The van der Waals surface area contributed by atoms with Crippen molar-refractivity contribution in [2.45, 2.75) is 104 Å². The van der Waals surface area contributed by atoms with Gasteiger partial charge in [0.15, 0.2) is 11.5 Å². The highest BCUT2D eigenvalue weighted by Gasteiger charge is 2.28. The maximum Gasteiger partial charge on any atom is 0.312 e. The second kappa shape index (κ2) is 19.8. The number of unbranched alkanes of at least 4 members (excludes halogenated alkanes) is 10. The Kier molecular flexibility index (Phi) is 15.5. The van der Waals surface area contributed by atoms with Gasteiger partial charge in [-0.05, 0) is 43.2 Å². The molecule has 0 unspecified atom stereocenters. The maximum absolute atomic E-state index is 12.8. The first-order chi connectivity index (χ1) is 23.7. The van der Waals surface area contributed by atoms with Crippen LogP contribution in [0.5, 0.6) is 5.88 Å². The average molecular weight is 752 g/mol. The van der Waals surface area contributed by atoms with Crippen LogP contribution < -0.4 is 15.4 Å². The summed E-state index contributed by atoms with van der Waals surface area (Å²) in [5, 5.41) is 16.2. The van der Waals surface area contributed by atoms with Crippen LogP contribution in [0.15, 0.2) is 43.0 Å². The van der Waals surface area contributed by atoms with E-state index in [1.807, 2.05) is 6.92 Å². The number of esters is 1. The van der Waals surface area contributed by atoms with E-state index in [1.165, 1.54) is 85.5 Å². The monoisotopic (exact) mass is 749 g/mol. The molecule has 2 aromatic heterocycles. The molecule has 264 valence electrons. The average Bonchev–Trinajstić information content (AvgIpc) is 3.69. The Morgan fingerprint density at radius 3 is 2.04 bits per heavy atom. The van der Waals surface area contributed by atoms with E-state index < -0.39 is 5.97 Å². The summed E-state index contributed by atoms with van der Waals surface area (Å²) in [4.78, 5) is 29.7. The largest absolute Gasteiger partial charge is 0.405 e. The third kappa shape index (κ3) is 11.4. The molecule has 2 N–H and O–H groups in total. The van der Waals surface area contributed by atoms with Crippen molar-refractivity contribution in [1.82, 2.24) is 24.5 Å². The number of rotatable bonds is 20. The van der Waals surface area contributed by atoms with Crippen molar-refractivity contribution in [3.8, 4) is 17.3 Å². The number of hydrogen-bond donors (Lipinski definition) is 2. The number of carbonyl (C=O) groups is 2. The van der Waals surface area contributed by atoms with Gasteiger partial charge in [-0.15, -0.1) is 5.10 Å². The molecule has 0 aliphatic carbocycles. The number of amides is 1. The number of anilines is 3. The van der Waals surface area contributed by atoms with Gasteiger partial charge in [0.2, 0.25) is 5.91 Å². The minimum atomic E-state index is -0.502. The van der Waals surface area contributed by atoms with E-state index >= 15 is 0 Å². The van der Waals surface area contributed by atoms with E-state index in [0.29, 0.717) is 34.3 Å². The Bertz CT molecular complexity index is 1650. The second-order valence-corrected chi connectivity index (χ2v) is 13.5. The van der Waals surface area contributed by atoms with Crippen molar-refractivity contribution < 1.29 is 14.3 Å². The van der Waals surface area contributed by atoms with Gasteiger partial charge in [-0.3, -0.25) is 9.59 Å². The molecule has 0 atom stereocenters. The Morgan fingerprint density at radius 2 is 1.43 bits per heavy atom. The van der Waals surface area contributed by atoms with Gasteiger partial charge in [-0.25, -0.2) is 9.67 Å². The number of aromatic nitrogens is 5. The van der Waals surface area contributed by atoms with Gasteiger partial charge in [-0.1, -0.05) is 124 Å². The lowest BCUT2D eigenvalue weighted by Gasteiger charge is -2.12. The van der Waals surface area contributed by atoms with Crippen molar-refractivity contribution in [3.63, 3.8) is 0 Å². The number of ether oxygens (including phenoxy) is 1. The van der Waals surface area contributed by atoms with Crippen molar-refractivity contribution in [1.29, 1.82) is 0 Å². The SMILES string of the molecule is CCCCCCCCCCCCCC(=O)Nc1ccc(Cl)c(Nc2nn(-c3c(Cl)cc(Cl)cc3Cl)c(OC(=O)CCC)c2-n2cncn2)c1. The van der Waals surface area contributed by atoms with Crippen molar-refractivity contribution in [2.75, 3.05) is 10.6 Å². The number of nitrogens with one attached hydrogen (secondary N) is 2. The predicted octanol–water partition coefficient (Wildman–Crippen LogP) is 11.2. The summed E-state index contributed by atoms with van der Waals surface area (Å²) in [5.41, 5.74) is 1.46. The van der Waals surface area contributed by atoms with Crippen LogP contribution in [0.25, 0.3) is 11.4 Å². The molecule has 2 heterocycles. The number of nitrogens with zero attached hydrogens (tertiary/aromatic N) is 5. The molecule has 49 heavy (non-hydrogen) atoms. The molecule has 0 saturated carbocycles. The van der Waals surface area contributed by atoms with E-state index in [-0.39, 0.29) is 45.4 Å². The van der Waals surface area contributed by atoms with Gasteiger partial charge >= 0.3 is 5.97 Å². The summed E-state index contributed by atoms with van der Waals surface area (Å²) in [6.45, 7) is 4.10. The van der Waals surface area contributed by atoms with Crippen LogP contribution in [-0.2, 0) is 9.59 Å². The first kappa shape index (κ1) is 38.5. The van der Waals surface area contributed by atoms with Gasteiger partial charge < -0.3 is 15.4 Å². The number of halogens is 4. The van der Waals surface area contributed by atoms with Crippen LogP contribution in [0.3, 0.4) is 0 Å². The Labute approximate surface area is 307 Å². The third-order valence-electron chi connectivity index (χ3n) is 7.84. The fourth-order valence-electron chi connectivity index (χ4n) is 5.35. The molecule has 14 heteroatoms. The molecule has 0 aliphatic heterocycles. The lowest BCUT2D eigenvalue weighted by atomic mass is 10.1. The number of benzene rings is 2. The van der Waals surface area contributed by atoms with Crippen molar-refractivity contribution in [2.24, 2.45) is 0 Å². The Hall–Kier alpha value is -3.31. The third-order valence-corrected chi connectivity index (χ3v) is 8.96. The zero-order chi connectivity index (χ0) is 35.2. The molecular weight excluding hydrogens is 708 g/mol. The van der Waals surface area contributed by atoms with Gasteiger partial charge in [0.05, 0.1) is 20.8 Å². The molecule has 0 bridgehead atoms. The lowest BCUT2D eigenvalue weighted by Crippen LogP contribution is -2.13. The Morgan fingerprint density at radius 1 is 0.776 bits per heavy atom. The van der Waals surface area contributed by atoms with Crippen molar-refractivity contribution in [3.05, 3.63) is 63.1 Å². The molecule has 4 rings (SSSR count). The van der Waals surface area contributed by atoms with Gasteiger partial charge in [-0.2, -0.15) is 9.78 Å². The summed E-state index contributed by atoms with van der Waals surface area (Å²) in [6, 6.07) is 8.11. The van der Waals surface area contributed by atoms with Crippen LogP contribution >= 0.6 is 46.4 Å². The van der Waals surface area contributed by atoms with Crippen LogP contribution in [0.4, 0.5) is 17.2 Å². The summed E-state index contributed by atoms with van der Waals surface area (Å²) in [7, 11) is 0. The normalized spacial score (nSPS) is 11.1. The maximum atomic E-state index is 12.8. The van der Waals surface area contributed by atoms with Gasteiger partial charge in [0, 0.05) is 23.6 Å². The molecule has 0 radical (unpaired) electrons. The summed E-state index contributed by atoms with van der Waals surface area (Å²) < 4.78 is 8.55. The Balaban J connectivity index is 1.50. The zero-order valence-corrected chi connectivity index (χ0v) is 30.9. The van der Waals surface area contributed by atoms with E-state index in [1.54, 1.807) is 18.2 Å². The molecule has 0 spiro atoms. The van der Waals surface area contributed by atoms with E-state index in [0.717, 1.165) is 19.3 Å². The first-order valence-corrected chi connectivity index (χ1v) is 18.4. The van der Waals surface area contributed by atoms with Gasteiger partial charge in [0.1, 0.15) is 18.3 Å². The number of hydrogen-bond acceptors (Lipinski definition) is 7. The molecule has 0 saturated heterocycles. The molecule has 0 aliphatic rings. The summed E-state index contributed by atoms with van der Waals surface area (Å²) >= 11 is 26.0. The van der Waals surface area contributed by atoms with Crippen LogP contribution in [0, 0.1) is 0 Å². The number of carbonyl (C=O) groups excluding carboxylic acids is 2. The fraction of sp³-hybridized carbons (Fsp3) is 0.457. The van der Waals surface area contributed by atoms with E-state index in [2.05, 4.69) is 27.6 Å². The highest BCUT2D eigenvalue weighted by molar-refractivity contribution is 6.40. The fourth-order valence-corrected chi connectivity index (χ4v) is 6.49. The first-order valence-electron chi connectivity index (χ1n) is 16.9. The van der Waals surface area contributed by atoms with E-state index in [9.17, 15) is 9.59 Å². The highest BCUT2D eigenvalue weighted by atomic mass is 35.5. The predicted molar refractivity (Wildman–Crippen MR) is 198 cm³/mol. The topological polar surface area (TPSA) is 116 Å². The molecule has 1 amide bonds. The zero-order valence-electron chi connectivity index (χ0n) is 27.9. The standard InChI is InChI=1S/C35H43Cl4N7O3/c1-3-5-6-7-8-9-10-11-12-13-14-16-30(47)42-25-17-18-26(37)29(21-25)43-34-33(45-23-40-22-41-45)35(49-31(48)15-4-2)46(44-34)32-27(38)19-24(36)20-28(32)39/h17-23H,3-16H2,1-2H3,(H,42,47)(H,43,44). The minimum absolute atomic E-state index is 0.00914. The molecular formula is C35H43Cl4N7O3. The summed E-state index contributed by atoms with van der Waals surface area (Å²) in [5.74, 6) is -0.393. The van der Waals surface area contributed by atoms with Gasteiger partial charge in [0.25, 0.3) is 5.88 Å².